The average molecular weight is 238 g/mol. The lowest BCUT2D eigenvalue weighted by Crippen LogP contribution is -2.59. The number of rotatable bonds is 2. The molecule has 3 rings (SSSR count). The monoisotopic (exact) mass is 238 g/mol. The molecular weight excluding hydrogens is 212 g/mol. The molecule has 2 N–H and O–H groups in total. The summed E-state index contributed by atoms with van der Waals surface area (Å²) >= 11 is 0. The summed E-state index contributed by atoms with van der Waals surface area (Å²) in [7, 11) is 0. The molecule has 4 unspecified atom stereocenters. The van der Waals surface area contributed by atoms with E-state index < -0.39 is 5.60 Å². The van der Waals surface area contributed by atoms with Crippen LogP contribution in [-0.2, 0) is 0 Å². The predicted molar refractivity (Wildman–Crippen MR) is 69.0 cm³/mol. The van der Waals surface area contributed by atoms with Crippen LogP contribution in [0.3, 0.4) is 0 Å². The van der Waals surface area contributed by atoms with E-state index in [0.29, 0.717) is 12.1 Å². The van der Waals surface area contributed by atoms with E-state index in [9.17, 15) is 5.11 Å². The Morgan fingerprint density at radius 2 is 2.24 bits per heavy atom. The minimum absolute atomic E-state index is 0.342. The van der Waals surface area contributed by atoms with Gasteiger partial charge in [0.1, 0.15) is 0 Å². The van der Waals surface area contributed by atoms with Crippen LogP contribution in [0.5, 0.6) is 0 Å². The molecule has 3 fully saturated rings. The molecule has 3 saturated heterocycles. The molecule has 0 aromatic carbocycles. The first-order valence-corrected chi connectivity index (χ1v) is 7.44. The summed E-state index contributed by atoms with van der Waals surface area (Å²) < 4.78 is 0. The van der Waals surface area contributed by atoms with Crippen molar-refractivity contribution in [1.29, 1.82) is 0 Å². The van der Waals surface area contributed by atoms with Gasteiger partial charge in [-0.15, -0.1) is 0 Å². The van der Waals surface area contributed by atoms with E-state index in [-0.39, 0.29) is 0 Å². The fourth-order valence-electron chi connectivity index (χ4n) is 4.30. The molecule has 0 aromatic heterocycles. The minimum Gasteiger partial charge on any atom is -0.387 e. The molecule has 0 saturated carbocycles. The summed E-state index contributed by atoms with van der Waals surface area (Å²) in [4.78, 5) is 2.51. The molecule has 3 aliphatic heterocycles. The van der Waals surface area contributed by atoms with Crippen LogP contribution in [0, 0.1) is 5.92 Å². The van der Waals surface area contributed by atoms with Crippen molar-refractivity contribution in [2.24, 2.45) is 5.92 Å². The first kappa shape index (κ1) is 11.9. The van der Waals surface area contributed by atoms with Gasteiger partial charge in [0.05, 0.1) is 5.60 Å². The molecule has 0 bridgehead atoms. The van der Waals surface area contributed by atoms with Gasteiger partial charge in [0.25, 0.3) is 0 Å². The Hall–Kier alpha value is -0.120. The van der Waals surface area contributed by atoms with E-state index in [1.807, 2.05) is 0 Å². The van der Waals surface area contributed by atoms with Crippen molar-refractivity contribution in [3.8, 4) is 0 Å². The van der Waals surface area contributed by atoms with Crippen LogP contribution >= 0.6 is 0 Å². The van der Waals surface area contributed by atoms with Crippen molar-refractivity contribution in [2.45, 2.75) is 63.1 Å². The molecular formula is C14H26N2O. The Balaban J connectivity index is 1.73. The molecule has 3 nitrogen and oxygen atoms in total. The number of nitrogens with zero attached hydrogens (tertiary/aromatic N) is 1. The van der Waals surface area contributed by atoms with Gasteiger partial charge >= 0.3 is 0 Å². The standard InChI is InChI=1S/C14H26N2O/c1-2-11-5-7-15-12(10-11)14(17)6-9-16-8-3-4-13(14)16/h11-13,15,17H,2-10H2,1H3. The summed E-state index contributed by atoms with van der Waals surface area (Å²) in [5.41, 5.74) is -0.440. The Morgan fingerprint density at radius 1 is 1.35 bits per heavy atom. The van der Waals surface area contributed by atoms with Crippen molar-refractivity contribution in [3.05, 3.63) is 0 Å². The van der Waals surface area contributed by atoms with Gasteiger partial charge in [-0.05, 0) is 51.1 Å². The molecule has 3 aliphatic rings. The molecule has 4 atom stereocenters. The molecule has 0 amide bonds. The second-order valence-electron chi connectivity index (χ2n) is 6.24. The Morgan fingerprint density at radius 3 is 3.06 bits per heavy atom. The lowest BCUT2D eigenvalue weighted by molar-refractivity contribution is -0.0350. The summed E-state index contributed by atoms with van der Waals surface area (Å²) in [5, 5.41) is 14.7. The maximum Gasteiger partial charge on any atom is 0.0966 e. The second kappa shape index (κ2) is 4.52. The molecule has 3 heteroatoms. The van der Waals surface area contributed by atoms with Crippen LogP contribution in [0.2, 0.25) is 0 Å². The third-order valence-electron chi connectivity index (χ3n) is 5.43. The molecule has 98 valence electrons. The van der Waals surface area contributed by atoms with E-state index >= 15 is 0 Å². The number of piperidine rings is 1. The van der Waals surface area contributed by atoms with Crippen molar-refractivity contribution in [1.82, 2.24) is 10.2 Å². The van der Waals surface area contributed by atoms with Crippen molar-refractivity contribution >= 4 is 0 Å². The summed E-state index contributed by atoms with van der Waals surface area (Å²) in [6.07, 6.45) is 7.19. The van der Waals surface area contributed by atoms with Crippen LogP contribution < -0.4 is 5.32 Å². The van der Waals surface area contributed by atoms with Gasteiger partial charge in [0.2, 0.25) is 0 Å². The zero-order valence-electron chi connectivity index (χ0n) is 11.0. The Labute approximate surface area is 105 Å². The first-order valence-electron chi connectivity index (χ1n) is 7.44. The van der Waals surface area contributed by atoms with Crippen LogP contribution in [0.4, 0.5) is 0 Å². The first-order chi connectivity index (χ1) is 8.24. The fourth-order valence-corrected chi connectivity index (χ4v) is 4.30. The number of hydrogen-bond acceptors (Lipinski definition) is 3. The van der Waals surface area contributed by atoms with Crippen molar-refractivity contribution in [2.75, 3.05) is 19.6 Å². The van der Waals surface area contributed by atoms with Crippen LogP contribution in [0.25, 0.3) is 0 Å². The smallest absolute Gasteiger partial charge is 0.0966 e. The topological polar surface area (TPSA) is 35.5 Å². The van der Waals surface area contributed by atoms with E-state index in [4.69, 9.17) is 0 Å². The van der Waals surface area contributed by atoms with Gasteiger partial charge in [-0.3, -0.25) is 4.90 Å². The predicted octanol–water partition coefficient (Wildman–Crippen LogP) is 1.36. The fraction of sp³-hybridized carbons (Fsp3) is 1.00. The van der Waals surface area contributed by atoms with Gasteiger partial charge < -0.3 is 10.4 Å². The van der Waals surface area contributed by atoms with Gasteiger partial charge in [0.15, 0.2) is 0 Å². The lowest BCUT2D eigenvalue weighted by atomic mass is 9.77. The molecule has 0 aromatic rings. The normalized spacial score (nSPS) is 47.3. The second-order valence-corrected chi connectivity index (χ2v) is 6.24. The number of hydrogen-bond donors (Lipinski definition) is 2. The SMILES string of the molecule is CCC1CCNC(C2(O)CCN3CCCC32)C1. The lowest BCUT2D eigenvalue weighted by Gasteiger charge is -2.42. The van der Waals surface area contributed by atoms with Crippen LogP contribution in [-0.4, -0.2) is 47.3 Å². The maximum atomic E-state index is 11.1. The highest BCUT2D eigenvalue weighted by molar-refractivity contribution is 5.09. The minimum atomic E-state index is -0.440. The quantitative estimate of drug-likeness (QED) is 0.762. The number of nitrogens with one attached hydrogen (secondary N) is 1. The van der Waals surface area contributed by atoms with Gasteiger partial charge in [-0.1, -0.05) is 13.3 Å². The average Bonchev–Trinajstić information content (AvgIpc) is 2.95. The van der Waals surface area contributed by atoms with Crippen LogP contribution in [0.15, 0.2) is 0 Å². The summed E-state index contributed by atoms with van der Waals surface area (Å²) in [5.74, 6) is 0.820. The molecule has 0 spiro atoms. The van der Waals surface area contributed by atoms with E-state index in [1.165, 1.54) is 38.6 Å². The van der Waals surface area contributed by atoms with Crippen molar-refractivity contribution in [3.63, 3.8) is 0 Å². The highest BCUT2D eigenvalue weighted by atomic mass is 16.3. The zero-order chi connectivity index (χ0) is 11.9. The van der Waals surface area contributed by atoms with Gasteiger partial charge in [-0.25, -0.2) is 0 Å². The van der Waals surface area contributed by atoms with E-state index in [0.717, 1.165) is 25.4 Å². The highest BCUT2D eigenvalue weighted by Gasteiger charge is 2.52. The molecule has 0 aliphatic carbocycles. The Kier molecular flexibility index (Phi) is 3.18. The number of fused-ring (bicyclic) bond motifs is 1. The summed E-state index contributed by atoms with van der Waals surface area (Å²) in [6, 6.07) is 0.782. The summed E-state index contributed by atoms with van der Waals surface area (Å²) in [6.45, 7) is 5.69. The van der Waals surface area contributed by atoms with E-state index in [1.54, 1.807) is 0 Å². The van der Waals surface area contributed by atoms with Crippen LogP contribution in [0.1, 0.15) is 45.4 Å². The largest absolute Gasteiger partial charge is 0.387 e. The Bertz CT molecular complexity index is 283. The third kappa shape index (κ3) is 1.92. The molecule has 3 heterocycles. The third-order valence-corrected chi connectivity index (χ3v) is 5.43. The number of aliphatic hydroxyl groups is 1. The van der Waals surface area contributed by atoms with Crippen molar-refractivity contribution < 1.29 is 5.11 Å². The van der Waals surface area contributed by atoms with Gasteiger partial charge in [-0.2, -0.15) is 0 Å². The maximum absolute atomic E-state index is 11.1. The molecule has 17 heavy (non-hydrogen) atoms. The molecule has 0 radical (unpaired) electrons. The van der Waals surface area contributed by atoms with Gasteiger partial charge in [0, 0.05) is 18.6 Å². The highest BCUT2D eigenvalue weighted by Crippen LogP contribution is 2.41. The van der Waals surface area contributed by atoms with E-state index in [2.05, 4.69) is 17.1 Å². The zero-order valence-corrected chi connectivity index (χ0v) is 11.0.